The molecule has 23 heavy (non-hydrogen) atoms. The fourth-order valence-electron chi connectivity index (χ4n) is 2.33. The van der Waals surface area contributed by atoms with Crippen LogP contribution in [0.1, 0.15) is 58.3 Å². The minimum Gasteiger partial charge on any atom is -0.330 e. The van der Waals surface area contributed by atoms with E-state index in [1.807, 2.05) is 0 Å². The molecule has 0 aromatic carbocycles. The maximum Gasteiger partial charge on any atom is 0.0693 e. The van der Waals surface area contributed by atoms with Crippen LogP contribution in [-0.4, -0.2) is 38.8 Å². The van der Waals surface area contributed by atoms with Gasteiger partial charge in [0, 0.05) is 0 Å². The van der Waals surface area contributed by atoms with Crippen LogP contribution < -0.4 is 5.73 Å². The number of nitrogens with two attached hydrogens (primary N) is 1. The molecule has 0 bridgehead atoms. The predicted octanol–water partition coefficient (Wildman–Crippen LogP) is 6.73. The number of halogens is 6. The summed E-state index contributed by atoms with van der Waals surface area (Å²) in [6, 6.07) is 0. The first kappa shape index (κ1) is 24.7. The van der Waals surface area contributed by atoms with Gasteiger partial charge in [-0.15, -0.1) is 69.6 Å². The molecule has 1 rings (SSSR count). The number of unbranched alkanes of at least 4 members (excludes halogenated alkanes) is 7. The van der Waals surface area contributed by atoms with Crippen molar-refractivity contribution in [3.05, 3.63) is 0 Å². The molecular weight excluding hydrogens is 419 g/mol. The van der Waals surface area contributed by atoms with Crippen molar-refractivity contribution in [3.8, 4) is 0 Å². The van der Waals surface area contributed by atoms with Crippen molar-refractivity contribution in [2.45, 2.75) is 90.6 Å². The highest BCUT2D eigenvalue weighted by Gasteiger charge is 2.46. The first-order valence-corrected chi connectivity index (χ1v) is 11.0. The van der Waals surface area contributed by atoms with E-state index < -0.39 is 32.3 Å². The predicted molar refractivity (Wildman–Crippen MR) is 110 cm³/mol. The Balaban J connectivity index is 0.000000423. The van der Waals surface area contributed by atoms with Gasteiger partial charge in [0.1, 0.15) is 0 Å². The molecule has 0 atom stereocenters. The Bertz CT molecular complexity index is 215. The lowest BCUT2D eigenvalue weighted by atomic mass is 9.97. The third-order valence-corrected chi connectivity index (χ3v) is 7.91. The maximum atomic E-state index is 5.88. The first-order valence-electron chi connectivity index (χ1n) is 8.42. The summed E-state index contributed by atoms with van der Waals surface area (Å²) < 4.78 is 0. The minimum atomic E-state index is -0.437. The third kappa shape index (κ3) is 9.83. The summed E-state index contributed by atoms with van der Waals surface area (Å²) in [5.41, 5.74) is 5.39. The monoisotopic (exact) mass is 445 g/mol. The number of alkyl halides is 6. The van der Waals surface area contributed by atoms with E-state index in [9.17, 15) is 0 Å². The maximum absolute atomic E-state index is 5.88. The number of rotatable bonds is 8. The zero-order valence-corrected chi connectivity index (χ0v) is 18.2. The molecule has 0 amide bonds. The molecule has 1 aliphatic rings. The van der Waals surface area contributed by atoms with Crippen LogP contribution in [0.2, 0.25) is 0 Å². The fraction of sp³-hybridized carbons (Fsp3) is 1.00. The van der Waals surface area contributed by atoms with Crippen molar-refractivity contribution in [3.63, 3.8) is 0 Å². The summed E-state index contributed by atoms with van der Waals surface area (Å²) in [5, 5.41) is -2.62. The van der Waals surface area contributed by atoms with E-state index in [-0.39, 0.29) is 0 Å². The topological polar surface area (TPSA) is 26.0 Å². The Morgan fingerprint density at radius 3 is 1.04 bits per heavy atom. The van der Waals surface area contributed by atoms with Crippen LogP contribution in [0.15, 0.2) is 0 Å². The minimum absolute atomic E-state index is 0.437. The SMILES string of the molecule is CCCCCCCCCCN.Cl[C@H]1[C@H](Cl)[C@@H](Cl)[C@@H](Cl)[C@H](Cl)[C@H]1Cl. The Labute approximate surface area is 171 Å². The normalized spacial score (nSPS) is 33.9. The fourth-order valence-corrected chi connectivity index (χ4v) is 4.66. The van der Waals surface area contributed by atoms with Gasteiger partial charge in [-0.2, -0.15) is 0 Å². The van der Waals surface area contributed by atoms with Crippen molar-refractivity contribution < 1.29 is 0 Å². The van der Waals surface area contributed by atoms with Gasteiger partial charge in [-0.05, 0) is 13.0 Å². The molecule has 0 spiro atoms. The molecule has 7 heteroatoms. The van der Waals surface area contributed by atoms with E-state index in [4.69, 9.17) is 75.3 Å². The van der Waals surface area contributed by atoms with Gasteiger partial charge in [0.05, 0.1) is 32.3 Å². The molecular formula is C16H29Cl6N. The van der Waals surface area contributed by atoms with Crippen LogP contribution in [0.4, 0.5) is 0 Å². The summed E-state index contributed by atoms with van der Waals surface area (Å²) in [7, 11) is 0. The molecule has 1 fully saturated rings. The second kappa shape index (κ2) is 14.8. The zero-order chi connectivity index (χ0) is 17.8. The van der Waals surface area contributed by atoms with E-state index >= 15 is 0 Å². The third-order valence-electron chi connectivity index (χ3n) is 3.88. The van der Waals surface area contributed by atoms with Crippen LogP contribution in [-0.2, 0) is 0 Å². The van der Waals surface area contributed by atoms with Crippen molar-refractivity contribution in [1.29, 1.82) is 0 Å². The van der Waals surface area contributed by atoms with Crippen LogP contribution in [0, 0.1) is 0 Å². The van der Waals surface area contributed by atoms with Gasteiger partial charge < -0.3 is 5.73 Å². The van der Waals surface area contributed by atoms with E-state index in [1.54, 1.807) is 0 Å². The van der Waals surface area contributed by atoms with Crippen LogP contribution in [0.3, 0.4) is 0 Å². The number of hydrogen-bond donors (Lipinski definition) is 1. The Kier molecular flexibility index (Phi) is 15.9. The molecule has 0 aliphatic heterocycles. The first-order chi connectivity index (χ1) is 10.9. The quantitative estimate of drug-likeness (QED) is 0.324. The lowest BCUT2D eigenvalue weighted by molar-refractivity contribution is 0.544. The largest absolute Gasteiger partial charge is 0.330 e. The van der Waals surface area contributed by atoms with E-state index in [0.29, 0.717) is 0 Å². The van der Waals surface area contributed by atoms with Gasteiger partial charge in [0.2, 0.25) is 0 Å². The van der Waals surface area contributed by atoms with Crippen molar-refractivity contribution in [2.24, 2.45) is 5.73 Å². The van der Waals surface area contributed by atoms with Gasteiger partial charge in [-0.3, -0.25) is 0 Å². The standard InChI is InChI=1S/C10H23N.C6H6Cl6/c1-2-3-4-5-6-7-8-9-10-11;7-1-2(8)4(10)6(12)5(11)3(1)9/h2-11H2,1H3;1-6H/t;1-,2-,3-,4+,5+,6+. The van der Waals surface area contributed by atoms with Gasteiger partial charge in [0.25, 0.3) is 0 Å². The van der Waals surface area contributed by atoms with Gasteiger partial charge >= 0.3 is 0 Å². The van der Waals surface area contributed by atoms with E-state index in [2.05, 4.69) is 6.92 Å². The van der Waals surface area contributed by atoms with Gasteiger partial charge in [-0.25, -0.2) is 0 Å². The average Bonchev–Trinajstić information content (AvgIpc) is 2.56. The summed E-state index contributed by atoms with van der Waals surface area (Å²) in [4.78, 5) is 0. The zero-order valence-electron chi connectivity index (χ0n) is 13.7. The molecule has 0 saturated heterocycles. The molecule has 0 unspecified atom stereocenters. The van der Waals surface area contributed by atoms with Crippen LogP contribution in [0.5, 0.6) is 0 Å². The van der Waals surface area contributed by atoms with E-state index in [1.165, 1.54) is 51.4 Å². The molecule has 0 heterocycles. The highest BCUT2D eigenvalue weighted by molar-refractivity contribution is 6.45. The van der Waals surface area contributed by atoms with Crippen molar-refractivity contribution in [1.82, 2.24) is 0 Å². The van der Waals surface area contributed by atoms with E-state index in [0.717, 1.165) is 6.54 Å². The highest BCUT2D eigenvalue weighted by atomic mass is 35.5. The van der Waals surface area contributed by atoms with Gasteiger partial charge in [-0.1, -0.05) is 51.9 Å². The summed E-state index contributed by atoms with van der Waals surface area (Å²) in [6.45, 7) is 3.13. The lowest BCUT2D eigenvalue weighted by Crippen LogP contribution is -2.52. The molecule has 1 nitrogen and oxygen atoms in total. The molecule has 140 valence electrons. The lowest BCUT2D eigenvalue weighted by Gasteiger charge is -2.37. The second-order valence-electron chi connectivity index (χ2n) is 5.93. The summed E-state index contributed by atoms with van der Waals surface area (Å²) >= 11 is 35.3. The Hall–Kier alpha value is 1.70. The highest BCUT2D eigenvalue weighted by Crippen LogP contribution is 2.39. The van der Waals surface area contributed by atoms with Crippen molar-refractivity contribution in [2.75, 3.05) is 6.54 Å². The average molecular weight is 448 g/mol. The van der Waals surface area contributed by atoms with Gasteiger partial charge in [0.15, 0.2) is 0 Å². The molecule has 0 aromatic heterocycles. The Morgan fingerprint density at radius 2 is 0.783 bits per heavy atom. The van der Waals surface area contributed by atoms with Crippen molar-refractivity contribution >= 4 is 69.6 Å². The molecule has 2 N–H and O–H groups in total. The molecule has 1 saturated carbocycles. The smallest absolute Gasteiger partial charge is 0.0693 e. The molecule has 1 aliphatic carbocycles. The van der Waals surface area contributed by atoms with Crippen LogP contribution in [0.25, 0.3) is 0 Å². The Morgan fingerprint density at radius 1 is 0.522 bits per heavy atom. The molecule has 0 aromatic rings. The summed E-state index contributed by atoms with van der Waals surface area (Å²) in [6.07, 6.45) is 11.0. The summed E-state index contributed by atoms with van der Waals surface area (Å²) in [5.74, 6) is 0. The second-order valence-corrected chi connectivity index (χ2v) is 8.95. The van der Waals surface area contributed by atoms with Crippen LogP contribution >= 0.6 is 69.6 Å². The number of hydrogen-bond acceptors (Lipinski definition) is 1. The molecule has 0 radical (unpaired) electrons.